The Labute approximate surface area is 110 Å². The molecular weight excluding hydrogens is 243 g/mol. The van der Waals surface area contributed by atoms with E-state index in [4.69, 9.17) is 0 Å². The van der Waals surface area contributed by atoms with Crippen LogP contribution in [0, 0.1) is 5.82 Å². The minimum Gasteiger partial charge on any atom is -0.310 e. The zero-order chi connectivity index (χ0) is 13.2. The van der Waals surface area contributed by atoms with Gasteiger partial charge in [-0.05, 0) is 43.4 Å². The predicted molar refractivity (Wildman–Crippen MR) is 70.7 cm³/mol. The number of aromatic nitrogens is 2. The van der Waals surface area contributed by atoms with Crippen LogP contribution in [-0.4, -0.2) is 9.97 Å². The average Bonchev–Trinajstić information content (AvgIpc) is 2.87. The van der Waals surface area contributed by atoms with Crippen LogP contribution in [0.25, 0.3) is 0 Å². The van der Waals surface area contributed by atoms with Crippen LogP contribution in [0.1, 0.15) is 29.1 Å². The van der Waals surface area contributed by atoms with Gasteiger partial charge < -0.3 is 4.98 Å². The maximum absolute atomic E-state index is 12.8. The minimum absolute atomic E-state index is 0.0107. The van der Waals surface area contributed by atoms with Crippen molar-refractivity contribution in [3.05, 3.63) is 63.1 Å². The molecule has 1 aromatic carbocycles. The summed E-state index contributed by atoms with van der Waals surface area (Å²) in [5, 5.41) is 0. The summed E-state index contributed by atoms with van der Waals surface area (Å²) >= 11 is 0. The Balaban J connectivity index is 1.75. The van der Waals surface area contributed by atoms with Gasteiger partial charge in [-0.2, -0.15) is 0 Å². The highest BCUT2D eigenvalue weighted by molar-refractivity contribution is 5.23. The van der Waals surface area contributed by atoms with Gasteiger partial charge in [-0.15, -0.1) is 0 Å². The van der Waals surface area contributed by atoms with Crippen molar-refractivity contribution in [3.8, 4) is 0 Å². The number of hydrogen-bond acceptors (Lipinski definition) is 2. The molecule has 19 heavy (non-hydrogen) atoms. The molecule has 0 radical (unpaired) electrons. The van der Waals surface area contributed by atoms with Crippen LogP contribution in [0.15, 0.2) is 29.1 Å². The number of hydrogen-bond donors (Lipinski definition) is 1. The van der Waals surface area contributed by atoms with Crippen molar-refractivity contribution in [3.63, 3.8) is 0 Å². The maximum Gasteiger partial charge on any atom is 0.254 e. The predicted octanol–water partition coefficient (Wildman–Crippen LogP) is 2.18. The van der Waals surface area contributed by atoms with E-state index in [0.717, 1.165) is 48.3 Å². The molecule has 0 aliphatic heterocycles. The molecule has 1 aromatic heterocycles. The first-order valence-electron chi connectivity index (χ1n) is 6.58. The van der Waals surface area contributed by atoms with Crippen molar-refractivity contribution in [2.45, 2.75) is 32.1 Å². The van der Waals surface area contributed by atoms with Gasteiger partial charge in [0.15, 0.2) is 0 Å². The fourth-order valence-electron chi connectivity index (χ4n) is 2.53. The van der Waals surface area contributed by atoms with Crippen LogP contribution in [0.2, 0.25) is 0 Å². The van der Waals surface area contributed by atoms with Gasteiger partial charge in [-0.3, -0.25) is 4.79 Å². The molecule has 2 aromatic rings. The third kappa shape index (κ3) is 2.57. The highest BCUT2D eigenvalue weighted by Gasteiger charge is 2.16. The van der Waals surface area contributed by atoms with Crippen LogP contribution in [0.5, 0.6) is 0 Å². The molecule has 3 nitrogen and oxygen atoms in total. The second-order valence-corrected chi connectivity index (χ2v) is 4.92. The molecule has 0 unspecified atom stereocenters. The summed E-state index contributed by atoms with van der Waals surface area (Å²) in [5.74, 6) is 0.503. The lowest BCUT2D eigenvalue weighted by molar-refractivity contribution is 0.627. The molecule has 1 N–H and O–H groups in total. The van der Waals surface area contributed by atoms with Crippen molar-refractivity contribution in [1.29, 1.82) is 0 Å². The Morgan fingerprint density at radius 2 is 1.95 bits per heavy atom. The quantitative estimate of drug-likeness (QED) is 0.917. The Morgan fingerprint density at radius 1 is 1.16 bits per heavy atom. The Hall–Kier alpha value is -1.97. The summed E-state index contributed by atoms with van der Waals surface area (Å²) in [6, 6.07) is 6.43. The van der Waals surface area contributed by atoms with E-state index in [-0.39, 0.29) is 11.4 Å². The van der Waals surface area contributed by atoms with Crippen LogP contribution in [-0.2, 0) is 25.7 Å². The molecule has 0 saturated carbocycles. The molecule has 0 bridgehead atoms. The fourth-order valence-corrected chi connectivity index (χ4v) is 2.53. The SMILES string of the molecule is O=c1[nH]c(CCc2ccc(F)cc2)nc2c1CCC2. The van der Waals surface area contributed by atoms with Crippen molar-refractivity contribution in [2.24, 2.45) is 0 Å². The maximum atomic E-state index is 12.8. The fraction of sp³-hybridized carbons (Fsp3) is 0.333. The molecule has 1 aliphatic rings. The third-order valence-electron chi connectivity index (χ3n) is 3.55. The Bertz CT molecular complexity index is 646. The first-order valence-corrected chi connectivity index (χ1v) is 6.58. The summed E-state index contributed by atoms with van der Waals surface area (Å²) in [4.78, 5) is 19.2. The van der Waals surface area contributed by atoms with Gasteiger partial charge in [0.25, 0.3) is 5.56 Å². The summed E-state index contributed by atoms with van der Waals surface area (Å²) in [5.41, 5.74) is 2.87. The molecule has 3 rings (SSSR count). The molecule has 0 spiro atoms. The molecule has 0 atom stereocenters. The van der Waals surface area contributed by atoms with E-state index in [1.807, 2.05) is 0 Å². The molecule has 0 amide bonds. The van der Waals surface area contributed by atoms with E-state index in [2.05, 4.69) is 9.97 Å². The van der Waals surface area contributed by atoms with Gasteiger partial charge >= 0.3 is 0 Å². The zero-order valence-corrected chi connectivity index (χ0v) is 10.6. The van der Waals surface area contributed by atoms with Gasteiger partial charge in [-0.25, -0.2) is 9.37 Å². The Morgan fingerprint density at radius 3 is 2.74 bits per heavy atom. The van der Waals surface area contributed by atoms with Gasteiger partial charge in [0.1, 0.15) is 11.6 Å². The summed E-state index contributed by atoms with van der Waals surface area (Å²) in [6.45, 7) is 0. The smallest absolute Gasteiger partial charge is 0.254 e. The monoisotopic (exact) mass is 258 g/mol. The zero-order valence-electron chi connectivity index (χ0n) is 10.6. The minimum atomic E-state index is -0.229. The van der Waals surface area contributed by atoms with Crippen LogP contribution in [0.3, 0.4) is 0 Å². The molecule has 1 aliphatic carbocycles. The molecule has 0 saturated heterocycles. The largest absolute Gasteiger partial charge is 0.310 e. The summed E-state index contributed by atoms with van der Waals surface area (Å²) in [7, 11) is 0. The number of aryl methyl sites for hydroxylation is 3. The number of benzene rings is 1. The number of aromatic amines is 1. The van der Waals surface area contributed by atoms with E-state index in [0.29, 0.717) is 6.42 Å². The molecule has 1 heterocycles. The van der Waals surface area contributed by atoms with Gasteiger partial charge in [0.05, 0.1) is 5.69 Å². The van der Waals surface area contributed by atoms with Crippen molar-refractivity contribution in [1.82, 2.24) is 9.97 Å². The number of nitrogens with one attached hydrogen (secondary N) is 1. The summed E-state index contributed by atoms with van der Waals surface area (Å²) in [6.07, 6.45) is 4.20. The standard InChI is InChI=1S/C15H15FN2O/c16-11-7-4-10(5-8-11)6-9-14-17-13-3-1-2-12(13)15(19)18-14/h4-5,7-8H,1-3,6,9H2,(H,17,18,19). The normalized spacial score (nSPS) is 13.5. The van der Waals surface area contributed by atoms with Gasteiger partial charge in [-0.1, -0.05) is 12.1 Å². The van der Waals surface area contributed by atoms with Crippen LogP contribution < -0.4 is 5.56 Å². The highest BCUT2D eigenvalue weighted by atomic mass is 19.1. The van der Waals surface area contributed by atoms with Crippen LogP contribution in [0.4, 0.5) is 4.39 Å². The lowest BCUT2D eigenvalue weighted by Gasteiger charge is -2.04. The van der Waals surface area contributed by atoms with Gasteiger partial charge in [0.2, 0.25) is 0 Å². The van der Waals surface area contributed by atoms with Crippen LogP contribution >= 0.6 is 0 Å². The molecule has 4 heteroatoms. The molecule has 98 valence electrons. The van der Waals surface area contributed by atoms with E-state index < -0.39 is 0 Å². The van der Waals surface area contributed by atoms with E-state index in [9.17, 15) is 9.18 Å². The topological polar surface area (TPSA) is 45.8 Å². The lowest BCUT2D eigenvalue weighted by atomic mass is 10.1. The number of fused-ring (bicyclic) bond motifs is 1. The van der Waals surface area contributed by atoms with Gasteiger partial charge in [0, 0.05) is 12.0 Å². The number of halogens is 1. The highest BCUT2D eigenvalue weighted by Crippen LogP contribution is 2.16. The average molecular weight is 258 g/mol. The van der Waals surface area contributed by atoms with E-state index in [1.54, 1.807) is 12.1 Å². The van der Waals surface area contributed by atoms with Crippen molar-refractivity contribution < 1.29 is 4.39 Å². The lowest BCUT2D eigenvalue weighted by Crippen LogP contribution is -2.17. The van der Waals surface area contributed by atoms with Crippen molar-refractivity contribution >= 4 is 0 Å². The van der Waals surface area contributed by atoms with E-state index >= 15 is 0 Å². The first-order chi connectivity index (χ1) is 9.22. The first kappa shape index (κ1) is 12.1. The number of rotatable bonds is 3. The van der Waals surface area contributed by atoms with Crippen molar-refractivity contribution in [2.75, 3.05) is 0 Å². The third-order valence-corrected chi connectivity index (χ3v) is 3.55. The number of nitrogens with zero attached hydrogens (tertiary/aromatic N) is 1. The van der Waals surface area contributed by atoms with E-state index in [1.165, 1.54) is 12.1 Å². The molecular formula is C15H15FN2O. The molecule has 0 fully saturated rings. The Kier molecular flexibility index (Phi) is 3.15. The second-order valence-electron chi connectivity index (χ2n) is 4.92. The number of H-pyrrole nitrogens is 1. The second kappa shape index (κ2) is 4.96. The summed E-state index contributed by atoms with van der Waals surface area (Å²) < 4.78 is 12.8.